The van der Waals surface area contributed by atoms with Gasteiger partial charge in [0.15, 0.2) is 5.82 Å². The van der Waals surface area contributed by atoms with Crippen LogP contribution < -0.4 is 4.31 Å². The first-order chi connectivity index (χ1) is 22.2. The summed E-state index contributed by atoms with van der Waals surface area (Å²) < 4.78 is 40.3. The van der Waals surface area contributed by atoms with Crippen LogP contribution in [0.2, 0.25) is 0 Å². The van der Waals surface area contributed by atoms with Crippen molar-refractivity contribution in [2.45, 2.75) is 82.5 Å². The molecule has 0 saturated heterocycles. The molecule has 3 aliphatic rings. The minimum atomic E-state index is -4.09. The summed E-state index contributed by atoms with van der Waals surface area (Å²) in [4.78, 5) is 16.0. The Labute approximate surface area is 281 Å². The van der Waals surface area contributed by atoms with Crippen LogP contribution in [0.1, 0.15) is 74.3 Å². The number of unbranched alkanes of at least 4 members (excludes halogenated alkanes) is 1. The molecule has 2 aromatic carbocycles. The number of fused-ring (bicyclic) bond motifs is 2. The number of benzene rings is 2. The van der Waals surface area contributed by atoms with Gasteiger partial charge in [-0.1, -0.05) is 76.9 Å². The molecule has 246 valence electrons. The molecule has 2 aliphatic carbocycles. The van der Waals surface area contributed by atoms with Gasteiger partial charge in [0.05, 0.1) is 11.4 Å². The summed E-state index contributed by atoms with van der Waals surface area (Å²) in [6, 6.07) is 13.1. The highest BCUT2D eigenvalue weighted by Crippen LogP contribution is 2.54. The van der Waals surface area contributed by atoms with Crippen LogP contribution in [0.15, 0.2) is 63.7 Å². The number of hydrogen-bond acceptors (Lipinski definition) is 6. The molecule has 46 heavy (non-hydrogen) atoms. The fourth-order valence-corrected chi connectivity index (χ4v) is 8.97. The molecule has 3 aromatic rings. The normalized spacial score (nSPS) is 23.7. The Hall–Kier alpha value is -2.95. The molecule has 2 fully saturated rings. The number of anilines is 1. The van der Waals surface area contributed by atoms with Gasteiger partial charge < -0.3 is 14.2 Å². The van der Waals surface area contributed by atoms with Crippen molar-refractivity contribution in [2.75, 3.05) is 18.1 Å². The molecule has 8 nitrogen and oxygen atoms in total. The van der Waals surface area contributed by atoms with Gasteiger partial charge in [-0.25, -0.2) is 12.7 Å². The van der Waals surface area contributed by atoms with Crippen molar-refractivity contribution >= 4 is 37.7 Å². The van der Waals surface area contributed by atoms with Gasteiger partial charge in [0, 0.05) is 35.7 Å². The second kappa shape index (κ2) is 13.6. The van der Waals surface area contributed by atoms with E-state index >= 15 is 0 Å². The smallest absolute Gasteiger partial charge is 0.268 e. The Balaban J connectivity index is 1.34. The molecule has 1 aliphatic heterocycles. The largest absolute Gasteiger partial charge is 0.363 e. The highest BCUT2D eigenvalue weighted by Gasteiger charge is 2.47. The molecule has 6 rings (SSSR count). The maximum Gasteiger partial charge on any atom is 0.268 e. The van der Waals surface area contributed by atoms with E-state index in [9.17, 15) is 13.2 Å². The molecule has 4 atom stereocenters. The Kier molecular flexibility index (Phi) is 9.78. The number of carbonyl (C=O) groups excluding carboxylic acids is 1. The third kappa shape index (κ3) is 6.71. The Bertz CT molecular complexity index is 1730. The number of sulfonamides is 1. The minimum Gasteiger partial charge on any atom is -0.363 e. The van der Waals surface area contributed by atoms with Crippen LogP contribution in [0.25, 0.3) is 11.1 Å². The lowest BCUT2D eigenvalue weighted by molar-refractivity contribution is -0.130. The van der Waals surface area contributed by atoms with Crippen molar-refractivity contribution in [1.82, 2.24) is 10.1 Å². The van der Waals surface area contributed by atoms with Gasteiger partial charge in [-0.15, -0.1) is 0 Å². The lowest BCUT2D eigenvalue weighted by Crippen LogP contribution is -2.34. The third-order valence-electron chi connectivity index (χ3n) is 9.94. The summed E-state index contributed by atoms with van der Waals surface area (Å²) in [6.07, 6.45) is 9.82. The van der Waals surface area contributed by atoms with E-state index in [0.717, 1.165) is 52.1 Å². The van der Waals surface area contributed by atoms with Crippen LogP contribution >= 0.6 is 15.9 Å². The number of halogens is 1. The number of rotatable bonds is 12. The van der Waals surface area contributed by atoms with Crippen molar-refractivity contribution < 1.29 is 22.5 Å². The Morgan fingerprint density at radius 3 is 2.57 bits per heavy atom. The molecular weight excluding hydrogens is 666 g/mol. The first-order valence-electron chi connectivity index (χ1n) is 16.4. The molecule has 0 bridgehead atoms. The molecular formula is C36H44BrN3O5S. The molecule has 4 unspecified atom stereocenters. The second-order valence-corrected chi connectivity index (χ2v) is 15.6. The fourth-order valence-electron chi connectivity index (χ4n) is 6.92. The Morgan fingerprint density at radius 1 is 1.07 bits per heavy atom. The van der Waals surface area contributed by atoms with Crippen LogP contribution in [0.4, 0.5) is 5.82 Å². The molecule has 2 heterocycles. The van der Waals surface area contributed by atoms with E-state index in [0.29, 0.717) is 47.0 Å². The van der Waals surface area contributed by atoms with Crippen molar-refractivity contribution in [3.8, 4) is 11.1 Å². The van der Waals surface area contributed by atoms with Crippen molar-refractivity contribution in [3.63, 3.8) is 0 Å². The number of nitrogens with zero attached hydrogens (tertiary/aromatic N) is 3. The SMILES string of the molecule is CCCC/C1=C\C2CC2CC2CC2CC(=O)N1Cc1ccc(-c2ccccc2S(=O)(=O)N(COC)c2noc(C)c2C)c(CBr)c1. The predicted molar refractivity (Wildman–Crippen MR) is 183 cm³/mol. The number of alkyl halides is 1. The minimum absolute atomic E-state index is 0.149. The maximum absolute atomic E-state index is 14.2. The average Bonchev–Trinajstić information content (AvgIpc) is 3.95. The number of methoxy groups -OCH3 is 1. The van der Waals surface area contributed by atoms with E-state index in [-0.39, 0.29) is 23.4 Å². The van der Waals surface area contributed by atoms with Gasteiger partial charge >= 0.3 is 0 Å². The first-order valence-corrected chi connectivity index (χ1v) is 18.9. The summed E-state index contributed by atoms with van der Waals surface area (Å²) in [7, 11) is -2.64. The lowest BCUT2D eigenvalue weighted by Gasteiger charge is -2.28. The number of carbonyl (C=O) groups is 1. The number of hydrogen-bond donors (Lipinski definition) is 0. The van der Waals surface area contributed by atoms with Crippen LogP contribution in [0, 0.1) is 37.5 Å². The van der Waals surface area contributed by atoms with Gasteiger partial charge in [0.25, 0.3) is 10.0 Å². The van der Waals surface area contributed by atoms with E-state index < -0.39 is 10.0 Å². The van der Waals surface area contributed by atoms with Crippen molar-refractivity contribution in [2.24, 2.45) is 23.7 Å². The van der Waals surface area contributed by atoms with Crippen molar-refractivity contribution in [1.29, 1.82) is 0 Å². The molecule has 1 amide bonds. The standard InChI is InChI=1S/C36H44BrN3O5S/c1-5-6-9-31-18-28-16-26(28)15-27-17-29(27)19-35(41)39(31)21-25-12-13-32(30(14-25)20-37)33-10-7-8-11-34(33)46(42,43)40(22-44-4)36-23(2)24(3)45-38-36/h7-8,10-14,18,26-29H,5-6,9,15-17,19-22H2,1-4H3/b31-18+. The zero-order valence-corrected chi connectivity index (χ0v) is 29.6. The van der Waals surface area contributed by atoms with E-state index in [1.165, 1.54) is 32.1 Å². The summed E-state index contributed by atoms with van der Waals surface area (Å²) in [6.45, 7) is 6.02. The van der Waals surface area contributed by atoms with Gasteiger partial charge in [-0.3, -0.25) is 4.79 Å². The monoisotopic (exact) mass is 709 g/mol. The predicted octanol–water partition coefficient (Wildman–Crippen LogP) is 8.12. The maximum atomic E-state index is 14.2. The molecule has 0 radical (unpaired) electrons. The van der Waals surface area contributed by atoms with E-state index in [2.05, 4.69) is 45.1 Å². The number of aromatic nitrogens is 1. The van der Waals surface area contributed by atoms with Crippen LogP contribution in [-0.4, -0.2) is 38.2 Å². The van der Waals surface area contributed by atoms with Crippen LogP contribution in [0.3, 0.4) is 0 Å². The lowest BCUT2D eigenvalue weighted by atomic mass is 9.97. The number of allylic oxidation sites excluding steroid dienone is 2. The zero-order chi connectivity index (χ0) is 32.6. The molecule has 2 saturated carbocycles. The third-order valence-corrected chi connectivity index (χ3v) is 12.3. The summed E-state index contributed by atoms with van der Waals surface area (Å²) in [5.41, 5.74) is 5.18. The van der Waals surface area contributed by atoms with E-state index in [1.54, 1.807) is 26.0 Å². The highest BCUT2D eigenvalue weighted by molar-refractivity contribution is 9.08. The molecule has 10 heteroatoms. The average molecular weight is 711 g/mol. The molecule has 0 spiro atoms. The van der Waals surface area contributed by atoms with E-state index in [4.69, 9.17) is 9.26 Å². The number of amides is 1. The number of ether oxygens (including phenoxy) is 1. The van der Waals surface area contributed by atoms with E-state index in [1.807, 2.05) is 24.3 Å². The van der Waals surface area contributed by atoms with Gasteiger partial charge in [0.2, 0.25) is 5.91 Å². The second-order valence-electron chi connectivity index (χ2n) is 13.2. The van der Waals surface area contributed by atoms with Gasteiger partial charge in [-0.05, 0) is 92.4 Å². The molecule has 0 N–H and O–H groups in total. The van der Waals surface area contributed by atoms with Gasteiger partial charge in [-0.2, -0.15) is 0 Å². The highest BCUT2D eigenvalue weighted by atomic mass is 79.9. The number of aryl methyl sites for hydroxylation is 1. The Morgan fingerprint density at radius 2 is 1.85 bits per heavy atom. The van der Waals surface area contributed by atoms with Crippen molar-refractivity contribution in [3.05, 3.63) is 76.7 Å². The summed E-state index contributed by atoms with van der Waals surface area (Å²) >= 11 is 3.68. The first kappa shape index (κ1) is 33.0. The fraction of sp³-hybridized carbons (Fsp3) is 0.500. The summed E-state index contributed by atoms with van der Waals surface area (Å²) in [5.74, 6) is 3.62. The molecule has 1 aromatic heterocycles. The van der Waals surface area contributed by atoms with Crippen LogP contribution in [-0.2, 0) is 31.4 Å². The quantitative estimate of drug-likeness (QED) is 0.139. The zero-order valence-electron chi connectivity index (χ0n) is 27.2. The van der Waals surface area contributed by atoms with Crippen LogP contribution in [0.5, 0.6) is 0 Å². The topological polar surface area (TPSA) is 93.0 Å². The summed E-state index contributed by atoms with van der Waals surface area (Å²) in [5, 5.41) is 4.57. The van der Waals surface area contributed by atoms with Gasteiger partial charge in [0.1, 0.15) is 12.5 Å².